The van der Waals surface area contributed by atoms with E-state index in [1.807, 2.05) is 13.0 Å². The van der Waals surface area contributed by atoms with Crippen LogP contribution >= 0.6 is 0 Å². The highest BCUT2D eigenvalue weighted by Gasteiger charge is 2.70. The number of carbonyl (C=O) groups excluding carboxylic acids is 3. The molecule has 5 nitrogen and oxygen atoms in total. The van der Waals surface area contributed by atoms with Crippen LogP contribution in [0.3, 0.4) is 0 Å². The Balaban J connectivity index is 1.77. The van der Waals surface area contributed by atoms with Gasteiger partial charge in [0.1, 0.15) is 0 Å². The summed E-state index contributed by atoms with van der Waals surface area (Å²) in [5.74, 6) is -1.15. The lowest BCUT2D eigenvalue weighted by Gasteiger charge is -2.63. The lowest BCUT2D eigenvalue weighted by molar-refractivity contribution is -0.179. The summed E-state index contributed by atoms with van der Waals surface area (Å²) in [7, 11) is -2.15. The molecule has 0 heterocycles. The van der Waals surface area contributed by atoms with Crippen molar-refractivity contribution in [2.45, 2.75) is 77.9 Å². The van der Waals surface area contributed by atoms with Gasteiger partial charge in [-0.15, -0.1) is 0 Å². The summed E-state index contributed by atoms with van der Waals surface area (Å²) in [6.45, 7) is 11.1. The van der Waals surface area contributed by atoms with E-state index in [0.29, 0.717) is 31.3 Å². The van der Waals surface area contributed by atoms with Gasteiger partial charge in [0.2, 0.25) is 0 Å². The summed E-state index contributed by atoms with van der Waals surface area (Å²) in [5, 5.41) is 0. The van der Waals surface area contributed by atoms with Gasteiger partial charge in [0, 0.05) is 29.2 Å². The largest absolute Gasteiger partial charge is 0.457 e. The molecule has 0 N–H and O–H groups in total. The molecule has 4 rings (SSSR count). The smallest absolute Gasteiger partial charge is 0.303 e. The highest BCUT2D eigenvalue weighted by atomic mass is 28.4. The number of rotatable bonds is 5. The Morgan fingerprint density at radius 1 is 1.21 bits per heavy atom. The minimum Gasteiger partial charge on any atom is -0.457 e. The number of carbonyl (C=O) groups is 3. The molecule has 0 bridgehead atoms. The Morgan fingerprint density at radius 3 is 2.55 bits per heavy atom. The highest BCUT2D eigenvalue weighted by Crippen LogP contribution is 2.68. The Hall–Kier alpha value is -1.86. The van der Waals surface area contributed by atoms with Crippen molar-refractivity contribution in [2.75, 3.05) is 6.61 Å². The first kappa shape index (κ1) is 24.3. The molecular weight excluding hydrogens is 439 g/mol. The van der Waals surface area contributed by atoms with E-state index in [-0.39, 0.29) is 30.0 Å². The van der Waals surface area contributed by atoms with Crippen LogP contribution < -0.4 is 0 Å². The summed E-state index contributed by atoms with van der Waals surface area (Å²) in [6, 6.07) is 0. The molecule has 6 atom stereocenters. The SMILES string of the molecule is CC(=O)OCC(=O)C1=CC[C@H]2[C@@H]3CCC4=CC(=O)C=C[C@]4(C)[C@@]3(F)C(O[Si](C)(C)C)C[C@]12C. The first-order valence-electron chi connectivity index (χ1n) is 11.9. The second-order valence-electron chi connectivity index (χ2n) is 11.5. The van der Waals surface area contributed by atoms with E-state index >= 15 is 4.39 Å². The molecule has 2 saturated carbocycles. The topological polar surface area (TPSA) is 69.7 Å². The summed E-state index contributed by atoms with van der Waals surface area (Å²) in [4.78, 5) is 36.4. The maximum Gasteiger partial charge on any atom is 0.303 e. The Bertz CT molecular complexity index is 991. The van der Waals surface area contributed by atoms with Crippen molar-refractivity contribution >= 4 is 25.9 Å². The third-order valence-corrected chi connectivity index (χ3v) is 9.39. The van der Waals surface area contributed by atoms with Gasteiger partial charge >= 0.3 is 5.97 Å². The first-order valence-corrected chi connectivity index (χ1v) is 15.3. The molecule has 0 radical (unpaired) electrons. The molecule has 180 valence electrons. The molecule has 0 amide bonds. The van der Waals surface area contributed by atoms with Crippen LogP contribution in [0.25, 0.3) is 0 Å². The van der Waals surface area contributed by atoms with Gasteiger partial charge < -0.3 is 9.16 Å². The predicted octanol–water partition coefficient (Wildman–Crippen LogP) is 4.88. The van der Waals surface area contributed by atoms with Crippen LogP contribution in [0, 0.1) is 22.7 Å². The third-order valence-electron chi connectivity index (χ3n) is 8.40. The van der Waals surface area contributed by atoms with Gasteiger partial charge in [-0.1, -0.05) is 24.6 Å². The molecule has 0 aromatic carbocycles. The van der Waals surface area contributed by atoms with Crippen molar-refractivity contribution < 1.29 is 27.9 Å². The van der Waals surface area contributed by atoms with Crippen LogP contribution in [0.4, 0.5) is 4.39 Å². The minimum absolute atomic E-state index is 0.0512. The van der Waals surface area contributed by atoms with E-state index in [1.54, 1.807) is 12.2 Å². The molecule has 0 saturated heterocycles. The number of ketones is 2. The number of Topliss-reactive ketones (excluding diaryl/α,β-unsaturated/α-hetero) is 1. The number of halogens is 1. The van der Waals surface area contributed by atoms with Crippen LogP contribution in [0.2, 0.25) is 19.6 Å². The van der Waals surface area contributed by atoms with Gasteiger partial charge in [-0.25, -0.2) is 4.39 Å². The molecule has 7 heteroatoms. The van der Waals surface area contributed by atoms with E-state index in [9.17, 15) is 14.4 Å². The molecule has 4 aliphatic rings. The maximum atomic E-state index is 17.8. The fourth-order valence-corrected chi connectivity index (χ4v) is 8.09. The average molecular weight is 475 g/mol. The number of esters is 1. The van der Waals surface area contributed by atoms with Gasteiger partial charge in [0.15, 0.2) is 32.2 Å². The standard InChI is InChI=1S/C26H35FO5Si/c1-16(28)31-15-22(30)21-10-9-19-20-8-7-17-13-18(29)11-12-25(17,3)26(20,27)23(14-24(19,21)2)32-33(4,5)6/h10-13,19-20,23H,7-9,14-15H2,1-6H3/t19-,20-,23?,24-,25-,26-/m0/s1. The second kappa shape index (κ2) is 7.84. The lowest BCUT2D eigenvalue weighted by Crippen LogP contribution is -2.68. The molecule has 2 fully saturated rings. The van der Waals surface area contributed by atoms with Gasteiger partial charge in [-0.3, -0.25) is 14.4 Å². The number of ether oxygens (including phenoxy) is 1. The zero-order valence-electron chi connectivity index (χ0n) is 20.5. The molecular formula is C26H35FO5Si. The van der Waals surface area contributed by atoms with Gasteiger partial charge in [0.05, 0.1) is 6.10 Å². The molecule has 4 aliphatic carbocycles. The highest BCUT2D eigenvalue weighted by molar-refractivity contribution is 6.69. The third kappa shape index (κ3) is 3.72. The fraction of sp³-hybridized carbons (Fsp3) is 0.654. The van der Waals surface area contributed by atoms with E-state index in [0.717, 1.165) is 5.57 Å². The Morgan fingerprint density at radius 2 is 1.91 bits per heavy atom. The second-order valence-corrected chi connectivity index (χ2v) is 16.0. The molecule has 0 spiro atoms. The average Bonchev–Trinajstić information content (AvgIpc) is 3.03. The fourth-order valence-electron chi connectivity index (χ4n) is 6.98. The van der Waals surface area contributed by atoms with Crippen LogP contribution in [-0.2, 0) is 23.5 Å². The lowest BCUT2D eigenvalue weighted by atomic mass is 9.45. The van der Waals surface area contributed by atoms with Gasteiger partial charge in [-0.05, 0) is 70.3 Å². The monoisotopic (exact) mass is 474 g/mol. The number of allylic oxidation sites excluding steroid dienone is 5. The van der Waals surface area contributed by atoms with E-state index in [2.05, 4.69) is 26.6 Å². The zero-order valence-corrected chi connectivity index (χ0v) is 21.5. The quantitative estimate of drug-likeness (QED) is 0.419. The molecule has 0 aliphatic heterocycles. The first-order chi connectivity index (χ1) is 15.2. The van der Waals surface area contributed by atoms with Crippen LogP contribution in [0.15, 0.2) is 35.5 Å². The minimum atomic E-state index is -2.15. The van der Waals surface area contributed by atoms with Crippen LogP contribution in [0.5, 0.6) is 0 Å². The number of alkyl halides is 1. The van der Waals surface area contributed by atoms with Gasteiger partial charge in [-0.2, -0.15) is 0 Å². The molecule has 1 unspecified atom stereocenters. The van der Waals surface area contributed by atoms with Crippen molar-refractivity contribution in [3.8, 4) is 0 Å². The summed E-state index contributed by atoms with van der Waals surface area (Å²) < 4.78 is 29.3. The van der Waals surface area contributed by atoms with Crippen molar-refractivity contribution in [3.05, 3.63) is 35.5 Å². The molecule has 0 aromatic rings. The Labute approximate surface area is 196 Å². The summed E-state index contributed by atoms with van der Waals surface area (Å²) >= 11 is 0. The van der Waals surface area contributed by atoms with E-state index < -0.39 is 36.9 Å². The van der Waals surface area contributed by atoms with E-state index in [4.69, 9.17) is 9.16 Å². The molecule has 0 aromatic heterocycles. The number of hydrogen-bond acceptors (Lipinski definition) is 5. The van der Waals surface area contributed by atoms with Crippen LogP contribution in [0.1, 0.15) is 46.5 Å². The van der Waals surface area contributed by atoms with Crippen molar-refractivity contribution in [1.82, 2.24) is 0 Å². The van der Waals surface area contributed by atoms with Crippen molar-refractivity contribution in [1.29, 1.82) is 0 Å². The summed E-state index contributed by atoms with van der Waals surface area (Å²) in [5.41, 5.74) is -1.66. The Kier molecular flexibility index (Phi) is 5.76. The molecule has 33 heavy (non-hydrogen) atoms. The number of fused-ring (bicyclic) bond motifs is 5. The van der Waals surface area contributed by atoms with Gasteiger partial charge in [0.25, 0.3) is 0 Å². The predicted molar refractivity (Wildman–Crippen MR) is 126 cm³/mol. The number of hydrogen-bond donors (Lipinski definition) is 0. The van der Waals surface area contributed by atoms with Crippen LogP contribution in [-0.4, -0.2) is 44.2 Å². The van der Waals surface area contributed by atoms with E-state index in [1.165, 1.54) is 13.0 Å². The zero-order chi connectivity index (χ0) is 24.4. The van der Waals surface area contributed by atoms with Crippen molar-refractivity contribution in [2.24, 2.45) is 22.7 Å². The normalized spacial score (nSPS) is 39.7. The van der Waals surface area contributed by atoms with Crippen molar-refractivity contribution in [3.63, 3.8) is 0 Å². The summed E-state index contributed by atoms with van der Waals surface area (Å²) in [6.07, 6.45) is 8.37. The maximum absolute atomic E-state index is 17.8.